The molecular formula is C12H17ClN2O. The first-order valence-corrected chi connectivity index (χ1v) is 5.77. The molecule has 1 amide bonds. The third kappa shape index (κ3) is 2.95. The second-order valence-corrected chi connectivity index (χ2v) is 4.42. The molecule has 0 atom stereocenters. The van der Waals surface area contributed by atoms with Crippen LogP contribution in [0, 0.1) is 0 Å². The van der Waals surface area contributed by atoms with Crippen LogP contribution in [-0.2, 0) is 6.42 Å². The summed E-state index contributed by atoms with van der Waals surface area (Å²) in [5.41, 5.74) is 1.45. The monoisotopic (exact) mass is 240 g/mol. The molecule has 0 bridgehead atoms. The van der Waals surface area contributed by atoms with Crippen molar-refractivity contribution in [1.82, 2.24) is 9.88 Å². The van der Waals surface area contributed by atoms with Crippen molar-refractivity contribution in [2.24, 2.45) is 0 Å². The number of hydrogen-bond acceptors (Lipinski definition) is 2. The van der Waals surface area contributed by atoms with Gasteiger partial charge in [-0.1, -0.05) is 18.5 Å². The standard InChI is InChI=1S/C12H17ClN2O/c1-5-10-6-9(7-11(13)14-10)12(16)15(4)8(2)3/h6-8H,5H2,1-4H3. The fraction of sp³-hybridized carbons (Fsp3) is 0.500. The van der Waals surface area contributed by atoms with Gasteiger partial charge in [-0.25, -0.2) is 4.98 Å². The maximum atomic E-state index is 12.0. The fourth-order valence-corrected chi connectivity index (χ4v) is 1.52. The van der Waals surface area contributed by atoms with Crippen LogP contribution in [0.2, 0.25) is 5.15 Å². The van der Waals surface area contributed by atoms with E-state index in [4.69, 9.17) is 11.6 Å². The van der Waals surface area contributed by atoms with E-state index < -0.39 is 0 Å². The van der Waals surface area contributed by atoms with Gasteiger partial charge in [0, 0.05) is 24.3 Å². The molecule has 1 rings (SSSR count). The minimum atomic E-state index is -0.0194. The molecule has 4 heteroatoms. The Kier molecular flexibility index (Phi) is 4.30. The Morgan fingerprint density at radius 1 is 1.50 bits per heavy atom. The maximum absolute atomic E-state index is 12.0. The van der Waals surface area contributed by atoms with E-state index in [1.54, 1.807) is 24.1 Å². The van der Waals surface area contributed by atoms with Crippen LogP contribution < -0.4 is 0 Å². The summed E-state index contributed by atoms with van der Waals surface area (Å²) in [6, 6.07) is 3.58. The summed E-state index contributed by atoms with van der Waals surface area (Å²) in [6.45, 7) is 5.93. The van der Waals surface area contributed by atoms with E-state index >= 15 is 0 Å². The molecule has 1 aromatic heterocycles. The van der Waals surface area contributed by atoms with E-state index in [0.717, 1.165) is 12.1 Å². The minimum absolute atomic E-state index is 0.0194. The quantitative estimate of drug-likeness (QED) is 0.762. The molecule has 1 heterocycles. The van der Waals surface area contributed by atoms with E-state index in [1.165, 1.54) is 0 Å². The Bertz CT molecular complexity index is 391. The SMILES string of the molecule is CCc1cc(C(=O)N(C)C(C)C)cc(Cl)n1. The lowest BCUT2D eigenvalue weighted by molar-refractivity contribution is 0.0754. The second-order valence-electron chi connectivity index (χ2n) is 4.03. The summed E-state index contributed by atoms with van der Waals surface area (Å²) in [5, 5.41) is 0.375. The van der Waals surface area contributed by atoms with E-state index in [0.29, 0.717) is 10.7 Å². The molecule has 0 unspecified atom stereocenters. The lowest BCUT2D eigenvalue weighted by Gasteiger charge is -2.21. The zero-order chi connectivity index (χ0) is 12.3. The topological polar surface area (TPSA) is 33.2 Å². The van der Waals surface area contributed by atoms with Crippen LogP contribution in [0.3, 0.4) is 0 Å². The smallest absolute Gasteiger partial charge is 0.254 e. The first-order chi connectivity index (χ1) is 7.45. The molecule has 88 valence electrons. The van der Waals surface area contributed by atoms with Gasteiger partial charge >= 0.3 is 0 Å². The molecule has 0 spiro atoms. The van der Waals surface area contributed by atoms with Gasteiger partial charge < -0.3 is 4.90 Å². The van der Waals surface area contributed by atoms with Crippen molar-refractivity contribution in [3.05, 3.63) is 28.5 Å². The number of amides is 1. The predicted octanol–water partition coefficient (Wildman–Crippen LogP) is 2.78. The zero-order valence-electron chi connectivity index (χ0n) is 10.1. The van der Waals surface area contributed by atoms with Crippen molar-refractivity contribution in [2.75, 3.05) is 7.05 Å². The molecule has 0 radical (unpaired) electrons. The number of hydrogen-bond donors (Lipinski definition) is 0. The number of halogens is 1. The number of rotatable bonds is 3. The Hall–Kier alpha value is -1.09. The highest BCUT2D eigenvalue weighted by molar-refractivity contribution is 6.29. The highest BCUT2D eigenvalue weighted by atomic mass is 35.5. The van der Waals surface area contributed by atoms with Gasteiger partial charge in [0.2, 0.25) is 0 Å². The number of carbonyl (C=O) groups excluding carboxylic acids is 1. The molecule has 0 aliphatic carbocycles. The molecule has 16 heavy (non-hydrogen) atoms. The van der Waals surface area contributed by atoms with E-state index in [2.05, 4.69) is 4.98 Å². The van der Waals surface area contributed by atoms with Crippen molar-refractivity contribution in [2.45, 2.75) is 33.2 Å². The molecule has 0 fully saturated rings. The van der Waals surface area contributed by atoms with Gasteiger partial charge in [0.05, 0.1) is 0 Å². The average molecular weight is 241 g/mol. The van der Waals surface area contributed by atoms with Gasteiger partial charge in [0.25, 0.3) is 5.91 Å². The molecule has 0 N–H and O–H groups in total. The van der Waals surface area contributed by atoms with Gasteiger partial charge in [0.1, 0.15) is 5.15 Å². The van der Waals surface area contributed by atoms with Gasteiger partial charge in [-0.15, -0.1) is 0 Å². The Labute approximate surface area is 101 Å². The molecule has 0 saturated carbocycles. The van der Waals surface area contributed by atoms with Gasteiger partial charge in [0.15, 0.2) is 0 Å². The largest absolute Gasteiger partial charge is 0.339 e. The summed E-state index contributed by atoms with van der Waals surface area (Å²) < 4.78 is 0. The number of aromatic nitrogens is 1. The number of nitrogens with zero attached hydrogens (tertiary/aromatic N) is 2. The molecule has 0 aliphatic rings. The first kappa shape index (κ1) is 13.0. The number of carbonyl (C=O) groups is 1. The average Bonchev–Trinajstić information content (AvgIpc) is 2.25. The van der Waals surface area contributed by atoms with Crippen LogP contribution in [0.1, 0.15) is 36.8 Å². The van der Waals surface area contributed by atoms with Gasteiger partial charge in [-0.2, -0.15) is 0 Å². The molecule has 0 aliphatic heterocycles. The highest BCUT2D eigenvalue weighted by Crippen LogP contribution is 2.14. The van der Waals surface area contributed by atoms with Gasteiger partial charge in [-0.05, 0) is 32.4 Å². The van der Waals surface area contributed by atoms with E-state index in [-0.39, 0.29) is 11.9 Å². The normalized spacial score (nSPS) is 10.6. The third-order valence-corrected chi connectivity index (χ3v) is 2.74. The number of aryl methyl sites for hydroxylation is 1. The minimum Gasteiger partial charge on any atom is -0.339 e. The van der Waals surface area contributed by atoms with Crippen LogP contribution in [-0.4, -0.2) is 28.9 Å². The summed E-state index contributed by atoms with van der Waals surface area (Å²) in [7, 11) is 1.78. The second kappa shape index (κ2) is 5.30. The van der Waals surface area contributed by atoms with Crippen molar-refractivity contribution in [3.8, 4) is 0 Å². The van der Waals surface area contributed by atoms with E-state index in [1.807, 2.05) is 20.8 Å². The van der Waals surface area contributed by atoms with Crippen LogP contribution in [0.25, 0.3) is 0 Å². The zero-order valence-corrected chi connectivity index (χ0v) is 10.9. The molecular weight excluding hydrogens is 224 g/mol. The molecule has 0 aromatic carbocycles. The lowest BCUT2D eigenvalue weighted by Crippen LogP contribution is -2.33. The third-order valence-electron chi connectivity index (χ3n) is 2.55. The Balaban J connectivity index is 3.04. The lowest BCUT2D eigenvalue weighted by atomic mass is 10.1. The molecule has 0 saturated heterocycles. The first-order valence-electron chi connectivity index (χ1n) is 5.39. The summed E-state index contributed by atoms with van der Waals surface area (Å²) in [5.74, 6) is -0.0194. The summed E-state index contributed by atoms with van der Waals surface area (Å²) in [6.07, 6.45) is 0.770. The van der Waals surface area contributed by atoms with Crippen molar-refractivity contribution < 1.29 is 4.79 Å². The summed E-state index contributed by atoms with van der Waals surface area (Å²) >= 11 is 5.88. The van der Waals surface area contributed by atoms with Crippen molar-refractivity contribution in [1.29, 1.82) is 0 Å². The fourth-order valence-electron chi connectivity index (χ4n) is 1.29. The van der Waals surface area contributed by atoms with Crippen molar-refractivity contribution >= 4 is 17.5 Å². The number of pyridine rings is 1. The van der Waals surface area contributed by atoms with Crippen LogP contribution in [0.4, 0.5) is 0 Å². The predicted molar refractivity (Wildman–Crippen MR) is 65.9 cm³/mol. The molecule has 1 aromatic rings. The Morgan fingerprint density at radius 3 is 2.62 bits per heavy atom. The maximum Gasteiger partial charge on any atom is 0.254 e. The Morgan fingerprint density at radius 2 is 2.12 bits per heavy atom. The van der Waals surface area contributed by atoms with Crippen LogP contribution in [0.5, 0.6) is 0 Å². The van der Waals surface area contributed by atoms with Crippen molar-refractivity contribution in [3.63, 3.8) is 0 Å². The van der Waals surface area contributed by atoms with E-state index in [9.17, 15) is 4.79 Å². The highest BCUT2D eigenvalue weighted by Gasteiger charge is 2.15. The van der Waals surface area contributed by atoms with Gasteiger partial charge in [-0.3, -0.25) is 4.79 Å². The molecule has 3 nitrogen and oxygen atoms in total. The van der Waals surface area contributed by atoms with Crippen LogP contribution in [0.15, 0.2) is 12.1 Å². The van der Waals surface area contributed by atoms with Crippen LogP contribution >= 0.6 is 11.6 Å². The summed E-state index contributed by atoms with van der Waals surface area (Å²) in [4.78, 5) is 17.9.